The van der Waals surface area contributed by atoms with Crippen LogP contribution < -0.4 is 9.64 Å². The zero-order valence-electron chi connectivity index (χ0n) is 11.3. The Morgan fingerprint density at radius 3 is 2.67 bits per heavy atom. The molecular formula is C16H12ClNO3. The van der Waals surface area contributed by atoms with E-state index < -0.39 is 11.7 Å². The van der Waals surface area contributed by atoms with Gasteiger partial charge < -0.3 is 9.64 Å². The summed E-state index contributed by atoms with van der Waals surface area (Å²) in [5.74, 6) is -0.416. The molecule has 0 aliphatic carbocycles. The Balaban J connectivity index is 2.00. The molecule has 1 aliphatic heterocycles. The molecule has 0 fully saturated rings. The molecule has 4 nitrogen and oxygen atoms in total. The molecule has 21 heavy (non-hydrogen) atoms. The lowest BCUT2D eigenvalue weighted by molar-refractivity contribution is -0.114. The molecule has 0 spiro atoms. The van der Waals surface area contributed by atoms with Gasteiger partial charge in [-0.3, -0.25) is 9.59 Å². The van der Waals surface area contributed by atoms with Gasteiger partial charge in [0, 0.05) is 11.1 Å². The van der Waals surface area contributed by atoms with Crippen LogP contribution in [0.5, 0.6) is 5.75 Å². The molecule has 106 valence electrons. The zero-order chi connectivity index (χ0) is 15.0. The van der Waals surface area contributed by atoms with Crippen LogP contribution in [0, 0.1) is 0 Å². The maximum atomic E-state index is 12.2. The second-order valence-corrected chi connectivity index (χ2v) is 5.17. The summed E-state index contributed by atoms with van der Waals surface area (Å²) in [6.07, 6.45) is 0. The molecule has 1 heterocycles. The van der Waals surface area contributed by atoms with Crippen LogP contribution in [0.2, 0.25) is 5.02 Å². The van der Waals surface area contributed by atoms with E-state index in [-0.39, 0.29) is 0 Å². The number of Topliss-reactive ketones (excluding diaryl/α,β-unsaturated/α-hetero) is 1. The number of anilines is 1. The largest absolute Gasteiger partial charge is 0.497 e. The zero-order valence-corrected chi connectivity index (χ0v) is 12.1. The highest BCUT2D eigenvalue weighted by molar-refractivity contribution is 6.52. The van der Waals surface area contributed by atoms with E-state index in [4.69, 9.17) is 16.3 Å². The third kappa shape index (κ3) is 2.38. The summed E-state index contributed by atoms with van der Waals surface area (Å²) < 4.78 is 5.16. The summed E-state index contributed by atoms with van der Waals surface area (Å²) in [6, 6.07) is 12.2. The number of rotatable bonds is 3. The number of fused-ring (bicyclic) bond motifs is 1. The number of amides is 1. The highest BCUT2D eigenvalue weighted by Crippen LogP contribution is 2.33. The number of hydrogen-bond acceptors (Lipinski definition) is 3. The fourth-order valence-electron chi connectivity index (χ4n) is 2.38. The second kappa shape index (κ2) is 5.22. The van der Waals surface area contributed by atoms with Crippen LogP contribution in [-0.4, -0.2) is 18.8 Å². The van der Waals surface area contributed by atoms with E-state index in [9.17, 15) is 9.59 Å². The molecule has 0 saturated carbocycles. The molecular weight excluding hydrogens is 290 g/mol. The topological polar surface area (TPSA) is 46.6 Å². The van der Waals surface area contributed by atoms with Crippen LogP contribution in [-0.2, 0) is 11.3 Å². The first kappa shape index (κ1) is 13.6. The predicted octanol–water partition coefficient (Wildman–Crippen LogP) is 3.08. The van der Waals surface area contributed by atoms with Gasteiger partial charge in [0.15, 0.2) is 0 Å². The molecule has 3 rings (SSSR count). The number of ketones is 1. The van der Waals surface area contributed by atoms with Crippen LogP contribution in [0.4, 0.5) is 5.69 Å². The van der Waals surface area contributed by atoms with E-state index in [0.29, 0.717) is 28.6 Å². The number of carbonyl (C=O) groups excluding carboxylic acids is 2. The minimum Gasteiger partial charge on any atom is -0.497 e. The van der Waals surface area contributed by atoms with Gasteiger partial charge in [-0.1, -0.05) is 23.7 Å². The minimum atomic E-state index is -0.529. The van der Waals surface area contributed by atoms with Gasteiger partial charge in [0.1, 0.15) is 5.75 Å². The maximum Gasteiger partial charge on any atom is 0.299 e. The van der Waals surface area contributed by atoms with Crippen molar-refractivity contribution in [3.8, 4) is 5.75 Å². The lowest BCUT2D eigenvalue weighted by Gasteiger charge is -2.17. The van der Waals surface area contributed by atoms with Crippen LogP contribution in [0.3, 0.4) is 0 Å². The lowest BCUT2D eigenvalue weighted by Crippen LogP contribution is -2.29. The van der Waals surface area contributed by atoms with Crippen LogP contribution in [0.25, 0.3) is 0 Å². The molecule has 0 N–H and O–H groups in total. The van der Waals surface area contributed by atoms with E-state index >= 15 is 0 Å². The fraction of sp³-hybridized carbons (Fsp3) is 0.125. The molecule has 0 atom stereocenters. The van der Waals surface area contributed by atoms with Gasteiger partial charge in [-0.05, 0) is 29.8 Å². The van der Waals surface area contributed by atoms with Crippen LogP contribution >= 0.6 is 11.6 Å². The van der Waals surface area contributed by atoms with Crippen molar-refractivity contribution >= 4 is 29.0 Å². The molecule has 0 saturated heterocycles. The smallest absolute Gasteiger partial charge is 0.299 e. The Morgan fingerprint density at radius 1 is 1.14 bits per heavy atom. The summed E-state index contributed by atoms with van der Waals surface area (Å²) in [5, 5.41) is 0.594. The summed E-state index contributed by atoms with van der Waals surface area (Å²) in [6.45, 7) is 0.297. The molecule has 5 heteroatoms. The summed E-state index contributed by atoms with van der Waals surface area (Å²) in [5.41, 5.74) is 1.84. The SMILES string of the molecule is COc1ccc2c(c1)N(Cc1cccc(Cl)c1)C(=O)C2=O. The van der Waals surface area contributed by atoms with Crippen LogP contribution in [0.1, 0.15) is 15.9 Å². The number of benzene rings is 2. The van der Waals surface area contributed by atoms with Gasteiger partial charge in [0.05, 0.1) is 24.9 Å². The van der Waals surface area contributed by atoms with Gasteiger partial charge >= 0.3 is 0 Å². The Hall–Kier alpha value is -2.33. The number of nitrogens with zero attached hydrogens (tertiary/aromatic N) is 1. The van der Waals surface area contributed by atoms with Crippen molar-refractivity contribution in [2.75, 3.05) is 12.0 Å². The Bertz CT molecular complexity index is 742. The van der Waals surface area contributed by atoms with E-state index in [1.807, 2.05) is 12.1 Å². The van der Waals surface area contributed by atoms with Gasteiger partial charge in [-0.15, -0.1) is 0 Å². The number of ether oxygens (including phenoxy) is 1. The average Bonchev–Trinajstić information content (AvgIpc) is 2.72. The normalized spacial score (nSPS) is 13.5. The highest BCUT2D eigenvalue weighted by Gasteiger charge is 2.36. The molecule has 0 unspecified atom stereocenters. The van der Waals surface area contributed by atoms with E-state index in [1.54, 1.807) is 37.4 Å². The minimum absolute atomic E-state index is 0.297. The quantitative estimate of drug-likeness (QED) is 0.819. The average molecular weight is 302 g/mol. The molecule has 1 aliphatic rings. The molecule has 2 aromatic carbocycles. The van der Waals surface area contributed by atoms with Gasteiger partial charge in [0.2, 0.25) is 0 Å². The van der Waals surface area contributed by atoms with Gasteiger partial charge in [-0.2, -0.15) is 0 Å². The van der Waals surface area contributed by atoms with Crippen molar-refractivity contribution in [2.45, 2.75) is 6.54 Å². The van der Waals surface area contributed by atoms with Crippen molar-refractivity contribution in [1.29, 1.82) is 0 Å². The van der Waals surface area contributed by atoms with Gasteiger partial charge in [0.25, 0.3) is 11.7 Å². The van der Waals surface area contributed by atoms with Crippen LogP contribution in [0.15, 0.2) is 42.5 Å². The van der Waals surface area contributed by atoms with E-state index in [1.165, 1.54) is 4.90 Å². The first-order valence-corrected chi connectivity index (χ1v) is 6.76. The molecule has 0 bridgehead atoms. The highest BCUT2D eigenvalue weighted by atomic mass is 35.5. The lowest BCUT2D eigenvalue weighted by atomic mass is 10.1. The third-order valence-electron chi connectivity index (χ3n) is 3.41. The van der Waals surface area contributed by atoms with Crippen molar-refractivity contribution in [3.05, 3.63) is 58.6 Å². The number of hydrogen-bond donors (Lipinski definition) is 0. The van der Waals surface area contributed by atoms with Crippen molar-refractivity contribution < 1.29 is 14.3 Å². The Kier molecular flexibility index (Phi) is 3.39. The maximum absolute atomic E-state index is 12.2. The van der Waals surface area contributed by atoms with Crippen molar-refractivity contribution in [3.63, 3.8) is 0 Å². The monoisotopic (exact) mass is 301 g/mol. The van der Waals surface area contributed by atoms with Gasteiger partial charge in [-0.25, -0.2) is 0 Å². The first-order chi connectivity index (χ1) is 10.1. The summed E-state index contributed by atoms with van der Waals surface area (Å²) in [4.78, 5) is 25.6. The van der Waals surface area contributed by atoms with E-state index in [0.717, 1.165) is 5.56 Å². The van der Waals surface area contributed by atoms with E-state index in [2.05, 4.69) is 0 Å². The second-order valence-electron chi connectivity index (χ2n) is 4.73. The Labute approximate surface area is 126 Å². The molecule has 1 amide bonds. The first-order valence-electron chi connectivity index (χ1n) is 6.39. The van der Waals surface area contributed by atoms with Crippen molar-refractivity contribution in [1.82, 2.24) is 0 Å². The van der Waals surface area contributed by atoms with Crippen molar-refractivity contribution in [2.24, 2.45) is 0 Å². The standard InChI is InChI=1S/C16H12ClNO3/c1-21-12-5-6-13-14(8-12)18(16(20)15(13)19)9-10-3-2-4-11(17)7-10/h2-8H,9H2,1H3. The third-order valence-corrected chi connectivity index (χ3v) is 3.64. The Morgan fingerprint density at radius 2 is 1.95 bits per heavy atom. The molecule has 2 aromatic rings. The summed E-state index contributed by atoms with van der Waals surface area (Å²) >= 11 is 5.95. The number of carbonyl (C=O) groups is 2. The summed E-state index contributed by atoms with van der Waals surface area (Å²) in [7, 11) is 1.54. The number of methoxy groups -OCH3 is 1. The fourth-order valence-corrected chi connectivity index (χ4v) is 2.59. The molecule has 0 aromatic heterocycles. The predicted molar refractivity (Wildman–Crippen MR) is 80.0 cm³/mol. The molecule has 0 radical (unpaired) electrons. The number of halogens is 1.